The second-order valence-electron chi connectivity index (χ2n) is 4.76. The van der Waals surface area contributed by atoms with Gasteiger partial charge in [-0.05, 0) is 20.8 Å². The first-order valence-corrected chi connectivity index (χ1v) is 6.05. The van der Waals surface area contributed by atoms with E-state index >= 15 is 0 Å². The van der Waals surface area contributed by atoms with Gasteiger partial charge in [-0.2, -0.15) is 10.2 Å². The van der Waals surface area contributed by atoms with Gasteiger partial charge < -0.3 is 11.1 Å². The summed E-state index contributed by atoms with van der Waals surface area (Å²) in [7, 11) is 1.90. The Morgan fingerprint density at radius 1 is 1.44 bits per heavy atom. The van der Waals surface area contributed by atoms with E-state index in [-0.39, 0.29) is 6.04 Å². The van der Waals surface area contributed by atoms with Crippen molar-refractivity contribution >= 4 is 11.5 Å². The SMILES string of the molecule is Cc1nn(C(C)C)c(NCc2cnn(C)c2)c1N. The smallest absolute Gasteiger partial charge is 0.148 e. The minimum Gasteiger partial charge on any atom is -0.394 e. The highest BCUT2D eigenvalue weighted by Crippen LogP contribution is 2.25. The summed E-state index contributed by atoms with van der Waals surface area (Å²) < 4.78 is 3.70. The number of rotatable bonds is 4. The van der Waals surface area contributed by atoms with Crippen LogP contribution in [0.1, 0.15) is 31.1 Å². The van der Waals surface area contributed by atoms with E-state index in [0.29, 0.717) is 12.2 Å². The third kappa shape index (κ3) is 2.32. The van der Waals surface area contributed by atoms with Crippen LogP contribution in [0.3, 0.4) is 0 Å². The van der Waals surface area contributed by atoms with E-state index in [9.17, 15) is 0 Å². The highest BCUT2D eigenvalue weighted by Gasteiger charge is 2.14. The van der Waals surface area contributed by atoms with E-state index in [0.717, 1.165) is 17.1 Å². The predicted octanol–water partition coefficient (Wildman–Crippen LogP) is 1.70. The largest absolute Gasteiger partial charge is 0.394 e. The summed E-state index contributed by atoms with van der Waals surface area (Å²) in [4.78, 5) is 0. The maximum Gasteiger partial charge on any atom is 0.148 e. The Hall–Kier alpha value is -1.98. The van der Waals surface area contributed by atoms with Gasteiger partial charge in [0.25, 0.3) is 0 Å². The number of nitrogens with two attached hydrogens (primary N) is 1. The number of hydrogen-bond acceptors (Lipinski definition) is 4. The van der Waals surface area contributed by atoms with Crippen LogP contribution < -0.4 is 11.1 Å². The van der Waals surface area contributed by atoms with Gasteiger partial charge in [-0.25, -0.2) is 4.68 Å². The molecule has 3 N–H and O–H groups in total. The molecule has 0 saturated heterocycles. The Balaban J connectivity index is 2.18. The van der Waals surface area contributed by atoms with Crippen LogP contribution in [0.5, 0.6) is 0 Å². The van der Waals surface area contributed by atoms with Crippen LogP contribution in [-0.2, 0) is 13.6 Å². The molecule has 6 nitrogen and oxygen atoms in total. The first-order valence-electron chi connectivity index (χ1n) is 6.05. The van der Waals surface area contributed by atoms with Crippen molar-refractivity contribution in [3.63, 3.8) is 0 Å². The molecule has 0 amide bonds. The summed E-state index contributed by atoms with van der Waals surface area (Å²) in [6.45, 7) is 6.78. The normalized spacial score (nSPS) is 11.2. The quantitative estimate of drug-likeness (QED) is 0.863. The van der Waals surface area contributed by atoms with Gasteiger partial charge in [-0.3, -0.25) is 4.68 Å². The van der Waals surface area contributed by atoms with Crippen molar-refractivity contribution in [2.75, 3.05) is 11.1 Å². The van der Waals surface area contributed by atoms with Gasteiger partial charge in [0.2, 0.25) is 0 Å². The van der Waals surface area contributed by atoms with E-state index in [1.54, 1.807) is 4.68 Å². The lowest BCUT2D eigenvalue weighted by Gasteiger charge is -2.12. The number of anilines is 2. The zero-order valence-electron chi connectivity index (χ0n) is 11.3. The first kappa shape index (κ1) is 12.5. The van der Waals surface area contributed by atoms with Gasteiger partial charge in [0.15, 0.2) is 0 Å². The first-order chi connectivity index (χ1) is 8.49. The van der Waals surface area contributed by atoms with Crippen LogP contribution in [0.2, 0.25) is 0 Å². The van der Waals surface area contributed by atoms with Crippen molar-refractivity contribution in [1.82, 2.24) is 19.6 Å². The molecule has 2 aromatic rings. The fraction of sp³-hybridized carbons (Fsp3) is 0.500. The third-order valence-corrected chi connectivity index (χ3v) is 2.84. The van der Waals surface area contributed by atoms with Crippen LogP contribution in [-0.4, -0.2) is 19.6 Å². The number of nitrogen functional groups attached to an aromatic ring is 1. The highest BCUT2D eigenvalue weighted by atomic mass is 15.4. The summed E-state index contributed by atoms with van der Waals surface area (Å²) in [6.07, 6.45) is 3.82. The molecule has 0 aliphatic heterocycles. The van der Waals surface area contributed by atoms with Crippen molar-refractivity contribution < 1.29 is 0 Å². The monoisotopic (exact) mass is 248 g/mol. The molecular formula is C12H20N6. The van der Waals surface area contributed by atoms with Gasteiger partial charge in [0.1, 0.15) is 5.82 Å². The molecule has 6 heteroatoms. The number of aromatic nitrogens is 4. The molecule has 0 atom stereocenters. The molecule has 98 valence electrons. The molecule has 0 bridgehead atoms. The van der Waals surface area contributed by atoms with E-state index in [2.05, 4.69) is 29.4 Å². The maximum atomic E-state index is 6.04. The highest BCUT2D eigenvalue weighted by molar-refractivity contribution is 5.64. The van der Waals surface area contributed by atoms with Crippen molar-refractivity contribution in [3.8, 4) is 0 Å². The average molecular weight is 248 g/mol. The summed E-state index contributed by atoms with van der Waals surface area (Å²) in [5, 5.41) is 11.9. The zero-order valence-corrected chi connectivity index (χ0v) is 11.3. The van der Waals surface area contributed by atoms with Crippen LogP contribution in [0.25, 0.3) is 0 Å². The molecule has 0 unspecified atom stereocenters. The zero-order chi connectivity index (χ0) is 13.3. The standard InChI is InChI=1S/C12H20N6/c1-8(2)18-12(11(13)9(3)16-18)14-5-10-6-15-17(4)7-10/h6-8,14H,5,13H2,1-4H3. The summed E-state index contributed by atoms with van der Waals surface area (Å²) >= 11 is 0. The fourth-order valence-electron chi connectivity index (χ4n) is 1.86. The molecule has 0 aliphatic carbocycles. The molecule has 0 fully saturated rings. The average Bonchev–Trinajstić information content (AvgIpc) is 2.83. The number of hydrogen-bond donors (Lipinski definition) is 2. The Morgan fingerprint density at radius 3 is 2.72 bits per heavy atom. The summed E-state index contributed by atoms with van der Waals surface area (Å²) in [5.74, 6) is 0.881. The molecule has 0 spiro atoms. The molecule has 0 radical (unpaired) electrons. The molecule has 0 saturated carbocycles. The molecule has 0 aromatic carbocycles. The van der Waals surface area contributed by atoms with Crippen molar-refractivity contribution in [3.05, 3.63) is 23.7 Å². The van der Waals surface area contributed by atoms with Crippen LogP contribution in [0.15, 0.2) is 12.4 Å². The third-order valence-electron chi connectivity index (χ3n) is 2.84. The van der Waals surface area contributed by atoms with Crippen LogP contribution in [0, 0.1) is 6.92 Å². The number of nitrogens with zero attached hydrogens (tertiary/aromatic N) is 4. The second kappa shape index (κ2) is 4.72. The minimum atomic E-state index is 0.275. The lowest BCUT2D eigenvalue weighted by molar-refractivity contribution is 0.534. The molecule has 18 heavy (non-hydrogen) atoms. The molecule has 2 rings (SSSR count). The van der Waals surface area contributed by atoms with Crippen molar-refractivity contribution in [2.24, 2.45) is 7.05 Å². The van der Waals surface area contributed by atoms with E-state index in [4.69, 9.17) is 5.73 Å². The predicted molar refractivity (Wildman–Crippen MR) is 72.3 cm³/mol. The molecular weight excluding hydrogens is 228 g/mol. The molecule has 2 heterocycles. The summed E-state index contributed by atoms with van der Waals surface area (Å²) in [5.41, 5.74) is 8.73. The fourth-order valence-corrected chi connectivity index (χ4v) is 1.86. The van der Waals surface area contributed by atoms with Gasteiger partial charge in [-0.15, -0.1) is 0 Å². The van der Waals surface area contributed by atoms with Crippen LogP contribution in [0.4, 0.5) is 11.5 Å². The Kier molecular flexibility index (Phi) is 3.27. The van der Waals surface area contributed by atoms with Gasteiger partial charge in [-0.1, -0.05) is 0 Å². The van der Waals surface area contributed by atoms with E-state index in [1.807, 2.05) is 31.0 Å². The Labute approximate surface area is 107 Å². The van der Waals surface area contributed by atoms with Crippen molar-refractivity contribution in [2.45, 2.75) is 33.4 Å². The maximum absolute atomic E-state index is 6.04. The molecule has 2 aromatic heterocycles. The number of aryl methyl sites for hydroxylation is 2. The van der Waals surface area contributed by atoms with E-state index < -0.39 is 0 Å². The van der Waals surface area contributed by atoms with Gasteiger partial charge >= 0.3 is 0 Å². The Morgan fingerprint density at radius 2 is 2.17 bits per heavy atom. The Bertz CT molecular complexity index is 537. The van der Waals surface area contributed by atoms with Gasteiger partial charge in [0, 0.05) is 31.4 Å². The minimum absolute atomic E-state index is 0.275. The molecule has 0 aliphatic rings. The number of nitrogens with one attached hydrogen (secondary N) is 1. The van der Waals surface area contributed by atoms with Gasteiger partial charge in [0.05, 0.1) is 17.6 Å². The van der Waals surface area contributed by atoms with E-state index in [1.165, 1.54) is 0 Å². The van der Waals surface area contributed by atoms with Crippen LogP contribution >= 0.6 is 0 Å². The topological polar surface area (TPSA) is 73.7 Å². The lowest BCUT2D eigenvalue weighted by Crippen LogP contribution is -2.10. The summed E-state index contributed by atoms with van der Waals surface area (Å²) in [6, 6.07) is 0.275. The lowest BCUT2D eigenvalue weighted by atomic mass is 10.3. The van der Waals surface area contributed by atoms with Crippen molar-refractivity contribution in [1.29, 1.82) is 0 Å². The second-order valence-corrected chi connectivity index (χ2v) is 4.76.